The highest BCUT2D eigenvalue weighted by Gasteiger charge is 2.19. The molecule has 1 saturated heterocycles. The molecular formula is C22H32N4OS. The number of amidine groups is 1. The first-order valence-electron chi connectivity index (χ1n) is 9.97. The van der Waals surface area contributed by atoms with Gasteiger partial charge in [0.25, 0.3) is 0 Å². The van der Waals surface area contributed by atoms with E-state index >= 15 is 0 Å². The maximum Gasteiger partial charge on any atom is 0.328 e. The van der Waals surface area contributed by atoms with Gasteiger partial charge in [-0.1, -0.05) is 45.2 Å². The molecule has 0 bridgehead atoms. The summed E-state index contributed by atoms with van der Waals surface area (Å²) >= 11 is 1.67. The number of piperidine rings is 1. The van der Waals surface area contributed by atoms with Gasteiger partial charge >= 0.3 is 5.69 Å². The van der Waals surface area contributed by atoms with Crippen molar-refractivity contribution >= 4 is 33.7 Å². The van der Waals surface area contributed by atoms with E-state index in [1.807, 2.05) is 29.8 Å². The number of hydrogen-bond acceptors (Lipinski definition) is 3. The van der Waals surface area contributed by atoms with Gasteiger partial charge in [-0.25, -0.2) is 9.79 Å². The molecule has 28 heavy (non-hydrogen) atoms. The normalized spacial score (nSPS) is 16.0. The number of rotatable bonds is 3. The predicted octanol–water partition coefficient (Wildman–Crippen LogP) is 4.56. The van der Waals surface area contributed by atoms with Gasteiger partial charge in [0.05, 0.1) is 16.7 Å². The van der Waals surface area contributed by atoms with Crippen molar-refractivity contribution in [3.05, 3.63) is 40.8 Å². The molecule has 0 radical (unpaired) electrons. The molecule has 1 aliphatic rings. The molecule has 1 fully saturated rings. The van der Waals surface area contributed by atoms with Crippen molar-refractivity contribution in [3.8, 4) is 0 Å². The molecule has 2 heterocycles. The summed E-state index contributed by atoms with van der Waals surface area (Å²) in [4.78, 5) is 19.9. The number of thioether (sulfide) groups is 1. The van der Waals surface area contributed by atoms with E-state index in [0.717, 1.165) is 40.6 Å². The second-order valence-corrected chi connectivity index (χ2v) is 9.56. The maximum atomic E-state index is 12.7. The Balaban J connectivity index is 1.95. The minimum Gasteiger partial charge on any atom is -0.351 e. The zero-order chi connectivity index (χ0) is 20.5. The van der Waals surface area contributed by atoms with Crippen LogP contribution in [0.4, 0.5) is 0 Å². The molecule has 0 amide bonds. The highest BCUT2D eigenvalue weighted by Crippen LogP contribution is 2.25. The van der Waals surface area contributed by atoms with E-state index in [4.69, 9.17) is 4.99 Å². The van der Waals surface area contributed by atoms with E-state index in [0.29, 0.717) is 6.54 Å². The van der Waals surface area contributed by atoms with E-state index in [1.165, 1.54) is 19.3 Å². The molecule has 152 valence electrons. The Kier molecular flexibility index (Phi) is 6.08. The Morgan fingerprint density at radius 2 is 1.86 bits per heavy atom. The Morgan fingerprint density at radius 1 is 1.18 bits per heavy atom. The van der Waals surface area contributed by atoms with Crippen LogP contribution in [0.5, 0.6) is 0 Å². The molecular weight excluding hydrogens is 368 g/mol. The van der Waals surface area contributed by atoms with E-state index in [2.05, 4.69) is 38.5 Å². The highest BCUT2D eigenvalue weighted by atomic mass is 32.2. The van der Waals surface area contributed by atoms with Crippen LogP contribution in [0.2, 0.25) is 0 Å². The number of aliphatic imine (C=N–C) groups is 1. The standard InChI is InChI=1S/C22H32N4OS/c1-16(23-20(28-6)25-12-8-7-9-13-25)17-10-11-18-19(14-17)24(5)21(27)26(18)15-22(2,3)4/h10-11,14H,1,7-9,12-13,15H2,2-6H3. The third-order valence-corrected chi connectivity index (χ3v) is 5.87. The first-order valence-corrected chi connectivity index (χ1v) is 11.2. The number of imidazole rings is 1. The van der Waals surface area contributed by atoms with Crippen LogP contribution in [0.15, 0.2) is 34.6 Å². The topological polar surface area (TPSA) is 42.5 Å². The van der Waals surface area contributed by atoms with Crippen LogP contribution in [0.25, 0.3) is 16.7 Å². The van der Waals surface area contributed by atoms with Gasteiger partial charge in [0.2, 0.25) is 0 Å². The molecule has 3 rings (SSSR count). The van der Waals surface area contributed by atoms with E-state index < -0.39 is 0 Å². The van der Waals surface area contributed by atoms with Crippen LogP contribution >= 0.6 is 11.8 Å². The molecule has 6 heteroatoms. The van der Waals surface area contributed by atoms with Crippen molar-refractivity contribution in [2.45, 2.75) is 46.6 Å². The van der Waals surface area contributed by atoms with Crippen molar-refractivity contribution < 1.29 is 0 Å². The summed E-state index contributed by atoms with van der Waals surface area (Å²) in [5, 5.41) is 1.03. The summed E-state index contributed by atoms with van der Waals surface area (Å²) in [6.07, 6.45) is 5.82. The fourth-order valence-corrected chi connectivity index (χ4v) is 4.37. The van der Waals surface area contributed by atoms with E-state index in [1.54, 1.807) is 16.3 Å². The quantitative estimate of drug-likeness (QED) is 0.560. The number of aryl methyl sites for hydroxylation is 1. The largest absolute Gasteiger partial charge is 0.351 e. The average Bonchev–Trinajstić information content (AvgIpc) is 2.90. The van der Waals surface area contributed by atoms with Crippen LogP contribution in [0.3, 0.4) is 0 Å². The maximum absolute atomic E-state index is 12.7. The molecule has 0 N–H and O–H groups in total. The summed E-state index contributed by atoms with van der Waals surface area (Å²) in [6, 6.07) is 6.09. The molecule has 0 aliphatic carbocycles. The summed E-state index contributed by atoms with van der Waals surface area (Å²) in [6.45, 7) is 13.5. The second kappa shape index (κ2) is 8.19. The number of hydrogen-bond donors (Lipinski definition) is 0. The zero-order valence-corrected chi connectivity index (χ0v) is 18.6. The fourth-order valence-electron chi connectivity index (χ4n) is 3.72. The smallest absolute Gasteiger partial charge is 0.328 e. The molecule has 1 aromatic heterocycles. The summed E-state index contributed by atoms with van der Waals surface area (Å²) < 4.78 is 3.59. The second-order valence-electron chi connectivity index (χ2n) is 8.78. The van der Waals surface area contributed by atoms with Crippen LogP contribution in [0.1, 0.15) is 45.6 Å². The molecule has 0 spiro atoms. The van der Waals surface area contributed by atoms with Crippen molar-refractivity contribution in [2.75, 3.05) is 19.3 Å². The van der Waals surface area contributed by atoms with E-state index in [9.17, 15) is 4.79 Å². The Hall–Kier alpha value is -1.95. The Morgan fingerprint density at radius 3 is 2.46 bits per heavy atom. The minimum atomic E-state index is 0.0225. The van der Waals surface area contributed by atoms with Gasteiger partial charge in [-0.15, -0.1) is 0 Å². The first-order chi connectivity index (χ1) is 13.2. The molecule has 0 unspecified atom stereocenters. The third kappa shape index (κ3) is 4.37. The van der Waals surface area contributed by atoms with Crippen molar-refractivity contribution in [2.24, 2.45) is 17.5 Å². The van der Waals surface area contributed by atoms with E-state index in [-0.39, 0.29) is 11.1 Å². The Labute approximate surface area is 172 Å². The fraction of sp³-hybridized carbons (Fsp3) is 0.545. The highest BCUT2D eigenvalue weighted by molar-refractivity contribution is 8.13. The lowest BCUT2D eigenvalue weighted by Crippen LogP contribution is -2.33. The first kappa shape index (κ1) is 20.8. The van der Waals surface area contributed by atoms with Gasteiger partial charge in [-0.2, -0.15) is 0 Å². The number of nitrogens with zero attached hydrogens (tertiary/aromatic N) is 4. The molecule has 2 aromatic rings. The average molecular weight is 401 g/mol. The third-order valence-electron chi connectivity index (χ3n) is 5.15. The monoisotopic (exact) mass is 400 g/mol. The number of benzene rings is 1. The van der Waals surface area contributed by atoms with Crippen LogP contribution < -0.4 is 5.69 Å². The van der Waals surface area contributed by atoms with Gasteiger partial charge < -0.3 is 4.90 Å². The molecule has 1 aromatic carbocycles. The Bertz CT molecular complexity index is 955. The summed E-state index contributed by atoms with van der Waals surface area (Å²) in [7, 11) is 1.83. The lowest BCUT2D eigenvalue weighted by atomic mass is 9.97. The SMILES string of the molecule is C=C(N=C(SC)N1CCCCC1)c1ccc2c(c1)n(C)c(=O)n2CC(C)(C)C. The van der Waals surface area contributed by atoms with Gasteiger partial charge in [0.1, 0.15) is 0 Å². The summed E-state index contributed by atoms with van der Waals surface area (Å²) in [5.41, 5.74) is 3.64. The molecule has 1 aliphatic heterocycles. The lowest BCUT2D eigenvalue weighted by Gasteiger charge is -2.28. The van der Waals surface area contributed by atoms with Crippen LogP contribution in [-0.2, 0) is 13.6 Å². The number of fused-ring (bicyclic) bond motifs is 1. The van der Waals surface area contributed by atoms with Crippen LogP contribution in [-0.4, -0.2) is 38.5 Å². The molecule has 0 atom stereocenters. The number of likely N-dealkylation sites (tertiary alicyclic amines) is 1. The van der Waals surface area contributed by atoms with Gasteiger partial charge in [-0.05, 0) is 43.1 Å². The van der Waals surface area contributed by atoms with Crippen molar-refractivity contribution in [3.63, 3.8) is 0 Å². The minimum absolute atomic E-state index is 0.0225. The predicted molar refractivity (Wildman–Crippen MR) is 122 cm³/mol. The van der Waals surface area contributed by atoms with Crippen molar-refractivity contribution in [1.82, 2.24) is 14.0 Å². The van der Waals surface area contributed by atoms with Gasteiger partial charge in [0, 0.05) is 32.2 Å². The van der Waals surface area contributed by atoms with Gasteiger partial charge in [-0.3, -0.25) is 9.13 Å². The molecule has 5 nitrogen and oxygen atoms in total. The van der Waals surface area contributed by atoms with Crippen LogP contribution in [0, 0.1) is 5.41 Å². The summed E-state index contributed by atoms with van der Waals surface area (Å²) in [5.74, 6) is 0. The van der Waals surface area contributed by atoms with Gasteiger partial charge in [0.15, 0.2) is 5.17 Å². The number of aromatic nitrogens is 2. The zero-order valence-electron chi connectivity index (χ0n) is 17.8. The lowest BCUT2D eigenvalue weighted by molar-refractivity contribution is 0.342. The molecule has 0 saturated carbocycles. The van der Waals surface area contributed by atoms with Crippen molar-refractivity contribution in [1.29, 1.82) is 0 Å².